The Bertz CT molecular complexity index is 1090. The number of rotatable bonds is 11. The first-order chi connectivity index (χ1) is 20.2. The summed E-state index contributed by atoms with van der Waals surface area (Å²) in [7, 11) is -4.92. The Hall–Kier alpha value is -0.580. The summed E-state index contributed by atoms with van der Waals surface area (Å²) in [6.07, 6.45) is -5.93. The molecular formula is C25H36NNa2O16S-. The van der Waals surface area contributed by atoms with Crippen LogP contribution in [0, 0.1) is 13.0 Å². The second-order valence-electron chi connectivity index (χ2n) is 9.10. The van der Waals surface area contributed by atoms with Gasteiger partial charge in [-0.2, -0.15) is 15.7 Å². The van der Waals surface area contributed by atoms with Crippen molar-refractivity contribution >= 4 is 22.5 Å². The Morgan fingerprint density at radius 1 is 1.09 bits per heavy atom. The predicted octanol–water partition coefficient (Wildman–Crippen LogP) is -8.39. The summed E-state index contributed by atoms with van der Waals surface area (Å²) in [5, 5.41) is 53.3. The molecule has 2 fully saturated rings. The zero-order valence-electron chi connectivity index (χ0n) is 25.0. The van der Waals surface area contributed by atoms with Gasteiger partial charge in [0.15, 0.2) is 0 Å². The number of hydrogen-bond donors (Lipinski definition) is 7. The first-order valence-corrected chi connectivity index (χ1v) is 14.3. The van der Waals surface area contributed by atoms with Gasteiger partial charge in [-0.05, 0) is 36.6 Å². The van der Waals surface area contributed by atoms with Crippen molar-refractivity contribution in [1.29, 1.82) is 0 Å². The van der Waals surface area contributed by atoms with Crippen molar-refractivity contribution in [2.45, 2.75) is 81.8 Å². The van der Waals surface area contributed by atoms with Crippen molar-refractivity contribution in [3.63, 3.8) is 0 Å². The van der Waals surface area contributed by atoms with E-state index in [4.69, 9.17) is 46.1 Å². The van der Waals surface area contributed by atoms with E-state index in [-0.39, 0.29) is 71.2 Å². The third-order valence-electron chi connectivity index (χ3n) is 5.81. The molecule has 7 N–H and O–H groups in total. The number of benzene rings is 1. The Morgan fingerprint density at radius 3 is 2.18 bits per heavy atom. The van der Waals surface area contributed by atoms with Crippen LogP contribution in [-0.4, -0.2) is 117 Å². The first kappa shape index (κ1) is 46.5. The number of hydrogen-bond acceptors (Lipinski definition) is 15. The van der Waals surface area contributed by atoms with Crippen molar-refractivity contribution in [2.24, 2.45) is 0 Å². The van der Waals surface area contributed by atoms with Gasteiger partial charge in [-0.15, -0.1) is 0 Å². The number of aliphatic hydroxyl groups is 5. The molecule has 1 aromatic rings. The van der Waals surface area contributed by atoms with Gasteiger partial charge in [-0.25, -0.2) is 15.0 Å². The van der Waals surface area contributed by atoms with Crippen molar-refractivity contribution in [3.8, 4) is 5.75 Å². The second kappa shape index (κ2) is 24.5. The van der Waals surface area contributed by atoms with Crippen LogP contribution in [0.4, 0.5) is 0 Å². The summed E-state index contributed by atoms with van der Waals surface area (Å²) in [6, 6.07) is 6.99. The van der Waals surface area contributed by atoms with Gasteiger partial charge in [0.1, 0.15) is 36.5 Å². The molecule has 17 nitrogen and oxygen atoms in total. The van der Waals surface area contributed by atoms with Crippen molar-refractivity contribution in [1.82, 2.24) is 5.32 Å². The fraction of sp³-hybridized carbons (Fsp3) is 0.600. The molecule has 0 radical (unpaired) electrons. The quantitative estimate of drug-likeness (QED) is 0.0493. The molecule has 0 aromatic heterocycles. The van der Waals surface area contributed by atoms with E-state index in [0.29, 0.717) is 25.1 Å². The smallest absolute Gasteiger partial charge is 0.726 e. The Morgan fingerprint density at radius 2 is 1.67 bits per heavy atom. The summed E-state index contributed by atoms with van der Waals surface area (Å²) >= 11 is 0. The first-order valence-electron chi connectivity index (χ1n) is 12.9. The van der Waals surface area contributed by atoms with Crippen LogP contribution in [-0.2, 0) is 45.4 Å². The zero-order chi connectivity index (χ0) is 32.6. The van der Waals surface area contributed by atoms with Crippen LogP contribution in [0.25, 0.3) is 0 Å². The Kier molecular flexibility index (Phi) is 25.4. The monoisotopic (exact) mass is 684 g/mol. The van der Waals surface area contributed by atoms with Crippen LogP contribution >= 0.6 is 0 Å². The third kappa shape index (κ3) is 19.1. The second-order valence-corrected chi connectivity index (χ2v) is 9.95. The van der Waals surface area contributed by atoms with Crippen LogP contribution in [0.5, 0.6) is 5.75 Å². The van der Waals surface area contributed by atoms with Gasteiger partial charge in [-0.3, -0.25) is 15.8 Å². The molecule has 0 spiro atoms. The minimum atomic E-state index is -4.92. The van der Waals surface area contributed by atoms with Gasteiger partial charge < -0.3 is 54.3 Å². The average molecular weight is 685 g/mol. The minimum absolute atomic E-state index is 0. The molecule has 8 atom stereocenters. The molecule has 8 unspecified atom stereocenters. The van der Waals surface area contributed by atoms with E-state index in [1.807, 2.05) is 19.1 Å². The molecular weight excluding hydrogens is 648 g/mol. The Balaban J connectivity index is 0. The molecule has 0 bridgehead atoms. The zero-order valence-corrected chi connectivity index (χ0v) is 29.8. The van der Waals surface area contributed by atoms with Gasteiger partial charge >= 0.3 is 65.3 Å². The van der Waals surface area contributed by atoms with E-state index >= 15 is 0 Å². The standard InChI is InChI=1S/C24H35NO10.CO2.2Na.H2O4S/c1-2-3-4-19(29)25-10-9-14-5-7-16(8-6-14)33-24-21(31)22(20(30)18(12-26)34-24)35-23-17(28)11-15(27)13-32-23;2-1-3;;;1-5(2,3)4/h5-8,11,13,15,17-18,20-24,26-28,30-31H,2-4,9-10,12H2,1H3,(H,25,29);;;;(H2,1,2,3,4)/q-2;;2*+1;/p-1. The number of amides is 1. The van der Waals surface area contributed by atoms with Crippen LogP contribution in [0.3, 0.4) is 0 Å². The predicted molar refractivity (Wildman–Crippen MR) is 139 cm³/mol. The maximum absolute atomic E-state index is 11.7. The van der Waals surface area contributed by atoms with Gasteiger partial charge in [0.25, 0.3) is 0 Å². The molecule has 2 aliphatic rings. The fourth-order valence-corrected chi connectivity index (χ4v) is 3.80. The van der Waals surface area contributed by atoms with Crippen molar-refractivity contribution in [2.75, 3.05) is 13.2 Å². The van der Waals surface area contributed by atoms with Gasteiger partial charge in [-0.1, -0.05) is 25.5 Å². The third-order valence-corrected chi connectivity index (χ3v) is 5.81. The van der Waals surface area contributed by atoms with Crippen LogP contribution in [0.2, 0.25) is 0 Å². The molecule has 0 saturated carbocycles. The molecule has 2 aliphatic heterocycles. The largest absolute Gasteiger partial charge is 1.00 e. The van der Waals surface area contributed by atoms with Crippen molar-refractivity contribution in [3.05, 3.63) is 42.9 Å². The summed E-state index contributed by atoms with van der Waals surface area (Å²) in [6.45, 7) is 3.03. The van der Waals surface area contributed by atoms with E-state index < -0.39 is 66.2 Å². The summed E-state index contributed by atoms with van der Waals surface area (Å²) < 4.78 is 54.8. The summed E-state index contributed by atoms with van der Waals surface area (Å²) in [5.41, 5.74) is 0.973. The summed E-state index contributed by atoms with van der Waals surface area (Å²) in [4.78, 5) is 28.0. The normalized spacial score (nSPS) is 27.4. The minimum Gasteiger partial charge on any atom is -0.726 e. The molecule has 45 heavy (non-hydrogen) atoms. The van der Waals surface area contributed by atoms with Crippen LogP contribution in [0.15, 0.2) is 24.3 Å². The van der Waals surface area contributed by atoms with Gasteiger partial charge in [0.05, 0.1) is 6.61 Å². The molecule has 20 heteroatoms. The Labute approximate surface area is 304 Å². The average Bonchev–Trinajstić information content (AvgIpc) is 2.93. The molecule has 1 amide bonds. The SMILES string of the molecule is CCCCC(=O)NCCc1ccc(OC2OC(CO)C(O)C(OC3O[CH-]C(O)[CH-]C3O)C2O)cc1.O=C=O.O=S(=O)([O-])O.[Na+].[Na+]. The van der Waals surface area contributed by atoms with E-state index in [0.717, 1.165) is 25.0 Å². The molecule has 2 saturated heterocycles. The maximum atomic E-state index is 11.7. The molecule has 0 aliphatic carbocycles. The topological polar surface area (TPSA) is 279 Å². The van der Waals surface area contributed by atoms with E-state index in [1.165, 1.54) is 6.42 Å². The fourth-order valence-electron chi connectivity index (χ4n) is 3.80. The molecule has 3 rings (SSSR count). The molecule has 2 heterocycles. The van der Waals surface area contributed by atoms with Crippen LogP contribution in [0.1, 0.15) is 31.7 Å². The molecule has 246 valence electrons. The van der Waals surface area contributed by atoms with E-state index in [2.05, 4.69) is 5.32 Å². The van der Waals surface area contributed by atoms with Gasteiger partial charge in [0, 0.05) is 13.0 Å². The maximum Gasteiger partial charge on any atom is 1.00 e. The van der Waals surface area contributed by atoms with Crippen LogP contribution < -0.4 is 69.2 Å². The molecule has 1 aromatic carbocycles. The number of aliphatic hydroxyl groups excluding tert-OH is 5. The summed E-state index contributed by atoms with van der Waals surface area (Å²) in [5.74, 6) is 0.404. The van der Waals surface area contributed by atoms with Crippen molar-refractivity contribution < 1.29 is 136 Å². The number of ether oxygens (including phenoxy) is 4. The number of carbonyl (C=O) groups is 1. The van der Waals surface area contributed by atoms with E-state index in [1.54, 1.807) is 12.1 Å². The number of carbonyl (C=O) groups excluding carboxylic acids is 3. The number of unbranched alkanes of at least 4 members (excludes halogenated alkanes) is 1. The van der Waals surface area contributed by atoms with E-state index in [9.17, 15) is 30.3 Å². The van der Waals surface area contributed by atoms with Gasteiger partial charge in [0.2, 0.25) is 22.6 Å². The number of nitrogens with one attached hydrogen (secondary N) is 1.